The van der Waals surface area contributed by atoms with Crippen LogP contribution < -0.4 is 0 Å². The molecule has 0 unspecified atom stereocenters. The number of hydrogen-bond donors (Lipinski definition) is 0. The standard InChI is InChI=1S/C18H24N4O3/c23-17-2-1-15-16(22(17)13-14-3-6-19-7-4-14)5-8-21(15)18(24)20-9-11-25-12-10-20/h3-4,6-7,15-16H,1-2,5,8-13H2/t15-,16-/m1/s1. The highest BCUT2D eigenvalue weighted by Crippen LogP contribution is 2.33. The Hall–Kier alpha value is -2.15. The summed E-state index contributed by atoms with van der Waals surface area (Å²) in [5.74, 6) is 0.193. The summed E-state index contributed by atoms with van der Waals surface area (Å²) in [4.78, 5) is 35.3. The third-order valence-electron chi connectivity index (χ3n) is 5.51. The van der Waals surface area contributed by atoms with Crippen molar-refractivity contribution in [1.29, 1.82) is 0 Å². The molecule has 25 heavy (non-hydrogen) atoms. The fourth-order valence-corrected chi connectivity index (χ4v) is 4.21. The molecule has 3 amide bonds. The second-order valence-corrected chi connectivity index (χ2v) is 6.91. The highest BCUT2D eigenvalue weighted by atomic mass is 16.5. The molecular formula is C18H24N4O3. The minimum atomic E-state index is 0.106. The third-order valence-corrected chi connectivity index (χ3v) is 5.51. The smallest absolute Gasteiger partial charge is 0.320 e. The van der Waals surface area contributed by atoms with Gasteiger partial charge in [-0.25, -0.2) is 4.79 Å². The lowest BCUT2D eigenvalue weighted by molar-refractivity contribution is -0.138. The van der Waals surface area contributed by atoms with Gasteiger partial charge in [0.2, 0.25) is 5.91 Å². The van der Waals surface area contributed by atoms with Crippen molar-refractivity contribution in [3.05, 3.63) is 30.1 Å². The summed E-state index contributed by atoms with van der Waals surface area (Å²) in [5.41, 5.74) is 1.09. The molecule has 0 N–H and O–H groups in total. The maximum atomic E-state index is 12.9. The van der Waals surface area contributed by atoms with Gasteiger partial charge in [0.25, 0.3) is 0 Å². The SMILES string of the molecule is O=C1CC[C@@H]2[C@@H](CCN2C(=O)N2CCOCC2)N1Cc1ccncc1. The van der Waals surface area contributed by atoms with Gasteiger partial charge in [-0.2, -0.15) is 0 Å². The van der Waals surface area contributed by atoms with E-state index in [0.29, 0.717) is 39.3 Å². The number of ether oxygens (including phenoxy) is 1. The Morgan fingerprint density at radius 1 is 1.12 bits per heavy atom. The van der Waals surface area contributed by atoms with Gasteiger partial charge in [-0.15, -0.1) is 0 Å². The molecule has 134 valence electrons. The van der Waals surface area contributed by atoms with Crippen molar-refractivity contribution in [1.82, 2.24) is 19.7 Å². The lowest BCUT2D eigenvalue weighted by Crippen LogP contribution is -2.56. The highest BCUT2D eigenvalue weighted by molar-refractivity contribution is 5.80. The molecule has 2 atom stereocenters. The largest absolute Gasteiger partial charge is 0.378 e. The number of piperidine rings is 1. The summed E-state index contributed by atoms with van der Waals surface area (Å²) in [6.07, 6.45) is 5.65. The molecule has 0 bridgehead atoms. The molecule has 0 aromatic carbocycles. The number of hydrogen-bond acceptors (Lipinski definition) is 4. The van der Waals surface area contributed by atoms with Gasteiger partial charge < -0.3 is 19.4 Å². The average Bonchev–Trinajstić information content (AvgIpc) is 3.09. The number of rotatable bonds is 2. The maximum absolute atomic E-state index is 12.9. The molecule has 1 aromatic rings. The van der Waals surface area contributed by atoms with Crippen molar-refractivity contribution in [3.8, 4) is 0 Å². The average molecular weight is 344 g/mol. The lowest BCUT2D eigenvalue weighted by Gasteiger charge is -2.41. The lowest BCUT2D eigenvalue weighted by atomic mass is 9.95. The van der Waals surface area contributed by atoms with Gasteiger partial charge >= 0.3 is 6.03 Å². The van der Waals surface area contributed by atoms with Gasteiger partial charge in [0, 0.05) is 45.0 Å². The zero-order chi connectivity index (χ0) is 17.2. The molecule has 3 aliphatic heterocycles. The van der Waals surface area contributed by atoms with E-state index in [1.165, 1.54) is 0 Å². The number of urea groups is 1. The molecule has 7 nitrogen and oxygen atoms in total. The van der Waals surface area contributed by atoms with Crippen molar-refractivity contribution in [2.24, 2.45) is 0 Å². The molecular weight excluding hydrogens is 320 g/mol. The van der Waals surface area contributed by atoms with Crippen LogP contribution in [0.3, 0.4) is 0 Å². The van der Waals surface area contributed by atoms with Crippen LogP contribution in [-0.2, 0) is 16.1 Å². The van der Waals surface area contributed by atoms with E-state index in [1.807, 2.05) is 26.8 Å². The van der Waals surface area contributed by atoms with E-state index >= 15 is 0 Å². The van der Waals surface area contributed by atoms with Crippen molar-refractivity contribution >= 4 is 11.9 Å². The van der Waals surface area contributed by atoms with Crippen LogP contribution in [0.1, 0.15) is 24.8 Å². The Bertz CT molecular complexity index is 632. The predicted octanol–water partition coefficient (Wildman–Crippen LogP) is 1.10. The Balaban J connectivity index is 1.48. The summed E-state index contributed by atoms with van der Waals surface area (Å²) in [6.45, 7) is 3.87. The van der Waals surface area contributed by atoms with E-state index in [4.69, 9.17) is 4.74 Å². The van der Waals surface area contributed by atoms with E-state index in [9.17, 15) is 9.59 Å². The summed E-state index contributed by atoms with van der Waals surface area (Å²) >= 11 is 0. The van der Waals surface area contributed by atoms with E-state index < -0.39 is 0 Å². The first-order valence-corrected chi connectivity index (χ1v) is 9.06. The topological polar surface area (TPSA) is 66.0 Å². The quantitative estimate of drug-likeness (QED) is 0.806. The Kier molecular flexibility index (Phi) is 4.57. The number of carbonyl (C=O) groups is 2. The van der Waals surface area contributed by atoms with Crippen LogP contribution in [0.5, 0.6) is 0 Å². The number of aromatic nitrogens is 1. The summed E-state index contributed by atoms with van der Waals surface area (Å²) < 4.78 is 5.35. The molecule has 4 rings (SSSR count). The van der Waals surface area contributed by atoms with Crippen LogP contribution in [0.25, 0.3) is 0 Å². The maximum Gasteiger partial charge on any atom is 0.320 e. The van der Waals surface area contributed by atoms with E-state index in [0.717, 1.165) is 24.9 Å². The van der Waals surface area contributed by atoms with Crippen LogP contribution in [0.2, 0.25) is 0 Å². The summed E-state index contributed by atoms with van der Waals surface area (Å²) in [5, 5.41) is 0. The van der Waals surface area contributed by atoms with Gasteiger partial charge in [-0.05, 0) is 30.5 Å². The van der Waals surface area contributed by atoms with Crippen LogP contribution in [0, 0.1) is 0 Å². The number of morpholine rings is 1. The van der Waals surface area contributed by atoms with E-state index in [-0.39, 0.29) is 24.0 Å². The second kappa shape index (κ2) is 7.00. The molecule has 0 spiro atoms. The zero-order valence-electron chi connectivity index (χ0n) is 14.3. The number of likely N-dealkylation sites (tertiary alicyclic amines) is 2. The number of carbonyl (C=O) groups excluding carboxylic acids is 2. The van der Waals surface area contributed by atoms with Gasteiger partial charge in [0.05, 0.1) is 25.3 Å². The van der Waals surface area contributed by atoms with Crippen LogP contribution in [0.15, 0.2) is 24.5 Å². The first-order chi connectivity index (χ1) is 12.2. The minimum absolute atomic E-state index is 0.106. The number of pyridine rings is 1. The fraction of sp³-hybridized carbons (Fsp3) is 0.611. The Morgan fingerprint density at radius 3 is 2.64 bits per heavy atom. The number of nitrogens with zero attached hydrogens (tertiary/aromatic N) is 4. The molecule has 1 aromatic heterocycles. The minimum Gasteiger partial charge on any atom is -0.378 e. The molecule has 0 radical (unpaired) electrons. The molecule has 3 fully saturated rings. The molecule has 3 aliphatic rings. The Labute approximate surface area is 147 Å². The Morgan fingerprint density at radius 2 is 1.88 bits per heavy atom. The first-order valence-electron chi connectivity index (χ1n) is 9.06. The van der Waals surface area contributed by atoms with Crippen molar-refractivity contribution in [3.63, 3.8) is 0 Å². The van der Waals surface area contributed by atoms with Crippen LogP contribution >= 0.6 is 0 Å². The summed E-state index contributed by atoms with van der Waals surface area (Å²) in [6, 6.07) is 4.26. The monoisotopic (exact) mass is 344 g/mol. The van der Waals surface area contributed by atoms with E-state index in [2.05, 4.69) is 4.98 Å². The molecule has 7 heteroatoms. The molecule has 4 heterocycles. The molecule has 0 saturated carbocycles. The van der Waals surface area contributed by atoms with Gasteiger partial charge in [-0.3, -0.25) is 9.78 Å². The normalized spacial score (nSPS) is 26.7. The first kappa shape index (κ1) is 16.3. The molecule has 3 saturated heterocycles. The zero-order valence-corrected chi connectivity index (χ0v) is 14.3. The predicted molar refractivity (Wildman–Crippen MR) is 90.7 cm³/mol. The number of amides is 3. The van der Waals surface area contributed by atoms with Gasteiger partial charge in [-0.1, -0.05) is 0 Å². The van der Waals surface area contributed by atoms with Crippen LogP contribution in [0.4, 0.5) is 4.79 Å². The van der Waals surface area contributed by atoms with Gasteiger partial charge in [0.15, 0.2) is 0 Å². The third kappa shape index (κ3) is 3.20. The second-order valence-electron chi connectivity index (χ2n) is 6.91. The summed E-state index contributed by atoms with van der Waals surface area (Å²) in [7, 11) is 0. The van der Waals surface area contributed by atoms with E-state index in [1.54, 1.807) is 12.4 Å². The van der Waals surface area contributed by atoms with Crippen molar-refractivity contribution < 1.29 is 14.3 Å². The van der Waals surface area contributed by atoms with Crippen molar-refractivity contribution in [2.75, 3.05) is 32.8 Å². The number of fused-ring (bicyclic) bond motifs is 1. The molecule has 0 aliphatic carbocycles. The van der Waals surface area contributed by atoms with Gasteiger partial charge in [0.1, 0.15) is 0 Å². The van der Waals surface area contributed by atoms with Crippen molar-refractivity contribution in [2.45, 2.75) is 37.9 Å². The fourth-order valence-electron chi connectivity index (χ4n) is 4.21. The highest BCUT2D eigenvalue weighted by Gasteiger charge is 2.45. The van der Waals surface area contributed by atoms with Crippen LogP contribution in [-0.4, -0.2) is 76.6 Å².